The van der Waals surface area contributed by atoms with Crippen LogP contribution in [-0.2, 0) is 6.42 Å². The van der Waals surface area contributed by atoms with E-state index in [1.54, 1.807) is 0 Å². The molecule has 0 saturated carbocycles. The van der Waals surface area contributed by atoms with Crippen LogP contribution in [0.5, 0.6) is 0 Å². The van der Waals surface area contributed by atoms with Crippen LogP contribution >= 0.6 is 50.1 Å². The van der Waals surface area contributed by atoms with Gasteiger partial charge in [0.2, 0.25) is 0 Å². The number of benzene rings is 2. The van der Waals surface area contributed by atoms with Gasteiger partial charge in [-0.05, 0) is 76.9 Å². The minimum absolute atomic E-state index is 0.0513. The third kappa shape index (κ3) is 3.94. The second-order valence-corrected chi connectivity index (χ2v) is 7.06. The molecule has 0 spiro atoms. The Morgan fingerprint density at radius 3 is 2.68 bits per heavy atom. The van der Waals surface area contributed by atoms with E-state index in [4.69, 9.17) is 17.3 Å². The monoisotopic (exact) mass is 449 g/mol. The summed E-state index contributed by atoms with van der Waals surface area (Å²) in [5, 5.41) is 0.792. The first-order valence-electron chi connectivity index (χ1n) is 5.93. The van der Waals surface area contributed by atoms with Crippen LogP contribution in [0.1, 0.15) is 22.7 Å². The summed E-state index contributed by atoms with van der Waals surface area (Å²) < 4.78 is 2.23. The van der Waals surface area contributed by atoms with Crippen LogP contribution < -0.4 is 5.73 Å². The Bertz CT molecular complexity index is 601. The first kappa shape index (κ1) is 15.3. The predicted molar refractivity (Wildman–Crippen MR) is 93.7 cm³/mol. The highest BCUT2D eigenvalue weighted by Crippen LogP contribution is 2.27. The number of hydrogen-bond donors (Lipinski definition) is 1. The maximum Gasteiger partial charge on any atom is 0.0441 e. The molecule has 2 rings (SSSR count). The molecule has 0 heterocycles. The smallest absolute Gasteiger partial charge is 0.0441 e. The molecule has 2 N–H and O–H groups in total. The number of aryl methyl sites for hydroxylation is 1. The summed E-state index contributed by atoms with van der Waals surface area (Å²) >= 11 is 12.1. The largest absolute Gasteiger partial charge is 0.324 e. The molecule has 0 aliphatic heterocycles. The molecule has 2 aromatic rings. The van der Waals surface area contributed by atoms with E-state index in [1.807, 2.05) is 19.1 Å². The van der Waals surface area contributed by atoms with E-state index < -0.39 is 0 Å². The first-order valence-corrected chi connectivity index (χ1v) is 8.18. The Balaban J connectivity index is 2.25. The molecule has 1 nitrogen and oxygen atoms in total. The summed E-state index contributed by atoms with van der Waals surface area (Å²) in [7, 11) is 0. The minimum atomic E-state index is -0.0513. The fourth-order valence-corrected chi connectivity index (χ4v) is 3.39. The highest BCUT2D eigenvalue weighted by molar-refractivity contribution is 14.1. The highest BCUT2D eigenvalue weighted by atomic mass is 127. The molecule has 100 valence electrons. The van der Waals surface area contributed by atoms with Crippen molar-refractivity contribution in [1.82, 2.24) is 0 Å². The summed E-state index contributed by atoms with van der Waals surface area (Å²) in [5.41, 5.74) is 9.72. The van der Waals surface area contributed by atoms with Gasteiger partial charge in [-0.1, -0.05) is 39.7 Å². The molecule has 19 heavy (non-hydrogen) atoms. The summed E-state index contributed by atoms with van der Waals surface area (Å²) in [6.07, 6.45) is 0.742. The lowest BCUT2D eigenvalue weighted by Gasteiger charge is -2.15. The fraction of sp³-hybridized carbons (Fsp3) is 0.200. The van der Waals surface area contributed by atoms with Crippen LogP contribution in [0, 0.1) is 10.5 Å². The van der Waals surface area contributed by atoms with Crippen LogP contribution in [0.2, 0.25) is 5.02 Å². The van der Waals surface area contributed by atoms with Crippen LogP contribution in [-0.4, -0.2) is 0 Å². The average Bonchev–Trinajstić information content (AvgIpc) is 2.35. The molecule has 0 saturated heterocycles. The molecule has 0 amide bonds. The van der Waals surface area contributed by atoms with E-state index in [9.17, 15) is 0 Å². The zero-order chi connectivity index (χ0) is 14.0. The van der Waals surface area contributed by atoms with E-state index in [1.165, 1.54) is 9.13 Å². The third-order valence-electron chi connectivity index (χ3n) is 3.01. The Labute approximate surface area is 140 Å². The second kappa shape index (κ2) is 6.57. The topological polar surface area (TPSA) is 26.0 Å². The first-order chi connectivity index (χ1) is 8.97. The van der Waals surface area contributed by atoms with E-state index in [-0.39, 0.29) is 6.04 Å². The van der Waals surface area contributed by atoms with Gasteiger partial charge >= 0.3 is 0 Å². The molecule has 2 aromatic carbocycles. The van der Waals surface area contributed by atoms with Gasteiger partial charge in [0, 0.05) is 19.1 Å². The fourth-order valence-electron chi connectivity index (χ4n) is 1.96. The van der Waals surface area contributed by atoms with Crippen molar-refractivity contribution in [1.29, 1.82) is 0 Å². The van der Waals surface area contributed by atoms with E-state index in [2.05, 4.69) is 62.8 Å². The zero-order valence-corrected chi connectivity index (χ0v) is 15.0. The van der Waals surface area contributed by atoms with Crippen molar-refractivity contribution < 1.29 is 0 Å². The summed E-state index contributed by atoms with van der Waals surface area (Å²) in [6.45, 7) is 2.03. The van der Waals surface area contributed by atoms with Crippen molar-refractivity contribution in [2.24, 2.45) is 5.73 Å². The lowest BCUT2D eigenvalue weighted by Crippen LogP contribution is -2.15. The van der Waals surface area contributed by atoms with Gasteiger partial charge in [-0.3, -0.25) is 0 Å². The lowest BCUT2D eigenvalue weighted by molar-refractivity contribution is 0.717. The maximum absolute atomic E-state index is 6.32. The molecular weight excluding hydrogens is 436 g/mol. The molecule has 0 aromatic heterocycles. The molecular formula is C15H14BrClIN. The van der Waals surface area contributed by atoms with Crippen LogP contribution in [0.3, 0.4) is 0 Å². The Hall–Kier alpha value is -0.100. The van der Waals surface area contributed by atoms with Crippen molar-refractivity contribution in [3.05, 3.63) is 66.2 Å². The van der Waals surface area contributed by atoms with Gasteiger partial charge in [0.05, 0.1) is 0 Å². The number of rotatable bonds is 3. The minimum Gasteiger partial charge on any atom is -0.324 e. The zero-order valence-electron chi connectivity index (χ0n) is 10.5. The summed E-state index contributed by atoms with van der Waals surface area (Å²) in [5.74, 6) is 0. The van der Waals surface area contributed by atoms with E-state index in [0.717, 1.165) is 27.0 Å². The van der Waals surface area contributed by atoms with Crippen molar-refractivity contribution >= 4 is 50.1 Å². The Kier molecular flexibility index (Phi) is 5.29. The quantitative estimate of drug-likeness (QED) is 0.635. The lowest BCUT2D eigenvalue weighted by atomic mass is 9.99. The van der Waals surface area contributed by atoms with Crippen LogP contribution in [0.4, 0.5) is 0 Å². The van der Waals surface area contributed by atoms with E-state index >= 15 is 0 Å². The SMILES string of the molecule is Cc1ccc(CC(N)c2cc(Br)ccc2I)c(Cl)c1. The molecule has 0 bridgehead atoms. The van der Waals surface area contributed by atoms with Gasteiger partial charge in [0.1, 0.15) is 0 Å². The molecule has 4 heteroatoms. The van der Waals surface area contributed by atoms with Gasteiger partial charge in [0.25, 0.3) is 0 Å². The van der Waals surface area contributed by atoms with Crippen LogP contribution in [0.15, 0.2) is 40.9 Å². The molecule has 1 atom stereocenters. The number of hydrogen-bond acceptors (Lipinski definition) is 1. The summed E-state index contributed by atoms with van der Waals surface area (Å²) in [6, 6.07) is 12.2. The normalized spacial score (nSPS) is 12.5. The summed E-state index contributed by atoms with van der Waals surface area (Å²) in [4.78, 5) is 0. The average molecular weight is 451 g/mol. The predicted octanol–water partition coefficient (Wildman–Crippen LogP) is 5.26. The van der Waals surface area contributed by atoms with Crippen molar-refractivity contribution in [3.63, 3.8) is 0 Å². The molecule has 1 unspecified atom stereocenters. The second-order valence-electron chi connectivity index (χ2n) is 4.57. The van der Waals surface area contributed by atoms with Gasteiger partial charge in [-0.15, -0.1) is 0 Å². The highest BCUT2D eigenvalue weighted by Gasteiger charge is 2.13. The molecule has 0 radical (unpaired) electrons. The molecule has 0 fully saturated rings. The van der Waals surface area contributed by atoms with E-state index in [0.29, 0.717) is 0 Å². The third-order valence-corrected chi connectivity index (χ3v) is 4.83. The number of nitrogens with two attached hydrogens (primary N) is 1. The standard InChI is InChI=1S/C15H14BrClIN/c1-9-2-3-10(13(17)6-9)7-15(19)12-8-11(16)4-5-14(12)18/h2-6,8,15H,7,19H2,1H3. The van der Waals surface area contributed by atoms with Gasteiger partial charge in [0.15, 0.2) is 0 Å². The molecule has 0 aliphatic carbocycles. The van der Waals surface area contributed by atoms with Crippen molar-refractivity contribution in [2.75, 3.05) is 0 Å². The Morgan fingerprint density at radius 1 is 1.26 bits per heavy atom. The van der Waals surface area contributed by atoms with Gasteiger partial charge in [-0.2, -0.15) is 0 Å². The van der Waals surface area contributed by atoms with Gasteiger partial charge < -0.3 is 5.73 Å². The van der Waals surface area contributed by atoms with Crippen LogP contribution in [0.25, 0.3) is 0 Å². The Morgan fingerprint density at radius 2 is 2.00 bits per heavy atom. The van der Waals surface area contributed by atoms with Crippen molar-refractivity contribution in [3.8, 4) is 0 Å². The van der Waals surface area contributed by atoms with Crippen molar-refractivity contribution in [2.45, 2.75) is 19.4 Å². The number of halogens is 3. The van der Waals surface area contributed by atoms with Gasteiger partial charge in [-0.25, -0.2) is 0 Å². The maximum atomic E-state index is 6.32. The molecule has 0 aliphatic rings.